The highest BCUT2D eigenvalue weighted by Gasteiger charge is 2.14. The van der Waals surface area contributed by atoms with Crippen molar-refractivity contribution in [3.8, 4) is 5.95 Å². The molecule has 0 aliphatic heterocycles. The smallest absolute Gasteiger partial charge is 0.238 e. The van der Waals surface area contributed by atoms with Crippen molar-refractivity contribution in [3.05, 3.63) is 84.2 Å². The van der Waals surface area contributed by atoms with Gasteiger partial charge in [0.25, 0.3) is 0 Å². The maximum Gasteiger partial charge on any atom is 0.401 e. The maximum atomic E-state index is 12.6. The fourth-order valence-corrected chi connectivity index (χ4v) is 5.29. The molecule has 6 heteroatoms. The zero-order valence-electron chi connectivity index (χ0n) is 19.7. The minimum absolute atomic E-state index is 0.226. The summed E-state index contributed by atoms with van der Waals surface area (Å²) in [5, 5.41) is 0. The first-order chi connectivity index (χ1) is 16.5. The number of sulfone groups is 1. The number of aromatic nitrogens is 3. The maximum absolute atomic E-state index is 12.6. The Morgan fingerprint density at radius 3 is 2.18 bits per heavy atom. The van der Waals surface area contributed by atoms with Crippen LogP contribution in [0.4, 0.5) is 0 Å². The van der Waals surface area contributed by atoms with E-state index < -0.39 is 9.84 Å². The second kappa shape index (κ2) is 11.3. The number of hydrogen-bond acceptors (Lipinski definition) is 3. The molecule has 0 fully saturated rings. The number of para-hydroxylation sites is 2. The normalized spacial score (nSPS) is 12.0. The predicted molar refractivity (Wildman–Crippen MR) is 138 cm³/mol. The number of benzene rings is 2. The van der Waals surface area contributed by atoms with Crippen LogP contribution in [-0.2, 0) is 9.84 Å². The van der Waals surface area contributed by atoms with Crippen LogP contribution in [0.1, 0.15) is 56.6 Å². The number of nitrogens with zero attached hydrogens (tertiary/aromatic N) is 2. The molecule has 2 heterocycles. The van der Waals surface area contributed by atoms with E-state index in [0.717, 1.165) is 47.4 Å². The lowest BCUT2D eigenvalue weighted by Gasteiger charge is -2.05. The Hall–Kier alpha value is -3.25. The Labute approximate surface area is 202 Å². The van der Waals surface area contributed by atoms with Crippen molar-refractivity contribution in [3.63, 3.8) is 0 Å². The molecule has 0 saturated heterocycles. The molecule has 2 aromatic carbocycles. The van der Waals surface area contributed by atoms with Gasteiger partial charge in [-0.3, -0.25) is 0 Å². The zero-order chi connectivity index (χ0) is 23.8. The van der Waals surface area contributed by atoms with E-state index >= 15 is 0 Å². The standard InChI is InChI=1S/C28H32N3O2S/c1-2-3-4-5-6-9-22-34(32,33)25-16-14-23(15-17-25)12-13-24-18-20-31(21-19-24)28-29-26-10-7-8-11-27(26)30-28/h7-8,10-21H,2-6,9,22H2,1H3,(H,29,30)/q+1. The van der Waals surface area contributed by atoms with E-state index in [2.05, 4.69) is 16.9 Å². The van der Waals surface area contributed by atoms with E-state index in [9.17, 15) is 8.42 Å². The molecule has 0 bridgehead atoms. The lowest BCUT2D eigenvalue weighted by atomic mass is 10.1. The van der Waals surface area contributed by atoms with Gasteiger partial charge in [0.15, 0.2) is 15.4 Å². The molecular weight excluding hydrogens is 442 g/mol. The SMILES string of the molecule is CCCCCCCCS(=O)(=O)c1ccc(C=Cc2cc[n+](-c3nc4ccccc4[nH]3)cc2)cc1. The van der Waals surface area contributed by atoms with Crippen LogP contribution >= 0.6 is 0 Å². The molecule has 0 aliphatic carbocycles. The van der Waals surface area contributed by atoms with Crippen molar-refractivity contribution in [1.82, 2.24) is 9.97 Å². The van der Waals surface area contributed by atoms with E-state index in [1.54, 1.807) is 12.1 Å². The van der Waals surface area contributed by atoms with Gasteiger partial charge in [-0.25, -0.2) is 18.0 Å². The summed E-state index contributed by atoms with van der Waals surface area (Å²) in [7, 11) is -3.21. The van der Waals surface area contributed by atoms with Crippen LogP contribution in [0.15, 0.2) is 78.0 Å². The number of fused-ring (bicyclic) bond motifs is 1. The summed E-state index contributed by atoms with van der Waals surface area (Å²) in [6.45, 7) is 2.18. The number of pyridine rings is 1. The first-order valence-electron chi connectivity index (χ1n) is 12.0. The van der Waals surface area contributed by atoms with Gasteiger partial charge in [0.05, 0.1) is 23.0 Å². The monoisotopic (exact) mass is 474 g/mol. The third-order valence-corrected chi connectivity index (χ3v) is 7.77. The Balaban J connectivity index is 1.34. The molecule has 4 rings (SSSR count). The highest BCUT2D eigenvalue weighted by atomic mass is 32.2. The fourth-order valence-electron chi connectivity index (χ4n) is 3.92. The first-order valence-corrected chi connectivity index (χ1v) is 13.7. The topological polar surface area (TPSA) is 66.7 Å². The average Bonchev–Trinajstić information content (AvgIpc) is 3.30. The van der Waals surface area contributed by atoms with Crippen LogP contribution in [0.2, 0.25) is 0 Å². The largest absolute Gasteiger partial charge is 0.401 e. The third kappa shape index (κ3) is 6.20. The van der Waals surface area contributed by atoms with Crippen LogP contribution in [0.25, 0.3) is 29.1 Å². The van der Waals surface area contributed by atoms with Crippen LogP contribution in [-0.4, -0.2) is 24.1 Å². The molecule has 0 atom stereocenters. The van der Waals surface area contributed by atoms with Gasteiger partial charge >= 0.3 is 5.95 Å². The molecule has 2 aromatic heterocycles. The number of H-pyrrole nitrogens is 1. The van der Waals surface area contributed by atoms with Gasteiger partial charge in [-0.05, 0) is 53.9 Å². The second-order valence-electron chi connectivity index (χ2n) is 8.61. The summed E-state index contributed by atoms with van der Waals surface area (Å²) < 4.78 is 27.1. The molecule has 34 heavy (non-hydrogen) atoms. The Bertz CT molecular complexity index is 1310. The van der Waals surface area contributed by atoms with Crippen LogP contribution in [0, 0.1) is 0 Å². The number of rotatable bonds is 11. The summed E-state index contributed by atoms with van der Waals surface area (Å²) in [4.78, 5) is 8.33. The van der Waals surface area contributed by atoms with Gasteiger partial charge in [0.2, 0.25) is 0 Å². The van der Waals surface area contributed by atoms with Crippen LogP contribution in [0.3, 0.4) is 0 Å². The average molecular weight is 475 g/mol. The zero-order valence-corrected chi connectivity index (χ0v) is 20.5. The minimum Gasteiger partial charge on any atom is -0.238 e. The number of aromatic amines is 1. The van der Waals surface area contributed by atoms with E-state index in [4.69, 9.17) is 0 Å². The van der Waals surface area contributed by atoms with E-state index in [1.165, 1.54) is 19.3 Å². The summed E-state index contributed by atoms with van der Waals surface area (Å²) >= 11 is 0. The molecule has 0 radical (unpaired) electrons. The first kappa shape index (κ1) is 23.9. The number of imidazole rings is 1. The van der Waals surface area contributed by atoms with Gasteiger partial charge in [0, 0.05) is 0 Å². The molecule has 0 amide bonds. The summed E-state index contributed by atoms with van der Waals surface area (Å²) in [5.74, 6) is 0.998. The molecule has 0 unspecified atom stereocenters. The molecule has 4 aromatic rings. The third-order valence-electron chi connectivity index (χ3n) is 5.95. The van der Waals surface area contributed by atoms with Crippen LogP contribution in [0.5, 0.6) is 0 Å². The van der Waals surface area contributed by atoms with Gasteiger partial charge in [0.1, 0.15) is 5.52 Å². The fraction of sp³-hybridized carbons (Fsp3) is 0.286. The molecule has 5 nitrogen and oxygen atoms in total. The predicted octanol–water partition coefficient (Wildman–Crippen LogP) is 6.14. The number of hydrogen-bond donors (Lipinski definition) is 1. The Kier molecular flexibility index (Phi) is 7.91. The number of unbranched alkanes of at least 4 members (excludes halogenated alkanes) is 5. The van der Waals surface area contributed by atoms with Crippen molar-refractivity contribution in [1.29, 1.82) is 0 Å². The molecule has 176 valence electrons. The Morgan fingerprint density at radius 2 is 1.47 bits per heavy atom. The molecule has 0 aliphatic rings. The van der Waals surface area contributed by atoms with Crippen molar-refractivity contribution >= 4 is 33.0 Å². The van der Waals surface area contributed by atoms with Crippen molar-refractivity contribution < 1.29 is 13.0 Å². The highest BCUT2D eigenvalue weighted by Crippen LogP contribution is 2.17. The van der Waals surface area contributed by atoms with Crippen molar-refractivity contribution in [2.75, 3.05) is 5.75 Å². The van der Waals surface area contributed by atoms with E-state index in [-0.39, 0.29) is 5.75 Å². The van der Waals surface area contributed by atoms with Gasteiger partial charge in [-0.2, -0.15) is 0 Å². The van der Waals surface area contributed by atoms with Crippen molar-refractivity contribution in [2.45, 2.75) is 50.3 Å². The van der Waals surface area contributed by atoms with E-state index in [1.807, 2.05) is 77.6 Å². The van der Waals surface area contributed by atoms with Crippen LogP contribution < -0.4 is 4.57 Å². The van der Waals surface area contributed by atoms with Gasteiger partial charge < -0.3 is 0 Å². The molecule has 0 spiro atoms. The molecular formula is C28H32N3O2S+. The molecule has 1 N–H and O–H groups in total. The summed E-state index contributed by atoms with van der Waals surface area (Å²) in [5.41, 5.74) is 3.96. The number of nitrogens with one attached hydrogen (secondary N) is 1. The van der Waals surface area contributed by atoms with E-state index in [0.29, 0.717) is 4.90 Å². The minimum atomic E-state index is -3.21. The Morgan fingerprint density at radius 1 is 0.824 bits per heavy atom. The highest BCUT2D eigenvalue weighted by molar-refractivity contribution is 7.91. The second-order valence-corrected chi connectivity index (χ2v) is 10.7. The van der Waals surface area contributed by atoms with Gasteiger partial charge in [-0.1, -0.05) is 80.4 Å². The summed E-state index contributed by atoms with van der Waals surface area (Å²) in [6.07, 6.45) is 14.4. The quantitative estimate of drug-likeness (QED) is 0.210. The summed E-state index contributed by atoms with van der Waals surface area (Å²) in [6, 6.07) is 19.1. The van der Waals surface area contributed by atoms with Crippen molar-refractivity contribution in [2.24, 2.45) is 0 Å². The molecule has 0 saturated carbocycles. The lowest BCUT2D eigenvalue weighted by molar-refractivity contribution is -0.603. The lowest BCUT2D eigenvalue weighted by Crippen LogP contribution is -2.30. The van der Waals surface area contributed by atoms with Gasteiger partial charge in [-0.15, -0.1) is 0 Å².